The van der Waals surface area contributed by atoms with Crippen molar-refractivity contribution in [1.29, 1.82) is 0 Å². The van der Waals surface area contributed by atoms with Gasteiger partial charge in [-0.25, -0.2) is 8.42 Å². The van der Waals surface area contributed by atoms with E-state index in [2.05, 4.69) is 5.32 Å². The normalized spacial score (nSPS) is 13.8. The van der Waals surface area contributed by atoms with Gasteiger partial charge in [0.05, 0.1) is 17.7 Å². The van der Waals surface area contributed by atoms with Gasteiger partial charge in [-0.05, 0) is 68.5 Å². The van der Waals surface area contributed by atoms with Crippen LogP contribution in [0.4, 0.5) is 5.69 Å². The van der Waals surface area contributed by atoms with Crippen molar-refractivity contribution in [2.24, 2.45) is 5.92 Å². The van der Waals surface area contributed by atoms with Crippen LogP contribution in [0.2, 0.25) is 0 Å². The molecule has 29 heavy (non-hydrogen) atoms. The summed E-state index contributed by atoms with van der Waals surface area (Å²) in [7, 11) is -2.26. The van der Waals surface area contributed by atoms with Crippen molar-refractivity contribution in [3.8, 4) is 5.75 Å². The number of carbonyl (C=O) groups is 1. The van der Waals surface area contributed by atoms with Gasteiger partial charge in [-0.1, -0.05) is 17.7 Å². The number of benzene rings is 2. The maximum Gasteiger partial charge on any atom is 0.264 e. The zero-order chi connectivity index (χ0) is 21.0. The lowest BCUT2D eigenvalue weighted by molar-refractivity contribution is -0.120. The van der Waals surface area contributed by atoms with Crippen LogP contribution in [0.15, 0.2) is 47.4 Å². The van der Waals surface area contributed by atoms with E-state index in [9.17, 15) is 13.2 Å². The fraction of sp³-hybridized carbons (Fsp3) is 0.409. The summed E-state index contributed by atoms with van der Waals surface area (Å²) < 4.78 is 33.4. The number of sulfonamides is 1. The third kappa shape index (κ3) is 5.29. The average Bonchev–Trinajstić information content (AvgIpc) is 3.51. The molecule has 156 valence electrons. The van der Waals surface area contributed by atoms with Crippen LogP contribution >= 0.6 is 0 Å². The minimum Gasteiger partial charge on any atom is -0.497 e. The molecule has 2 aromatic carbocycles. The van der Waals surface area contributed by atoms with Gasteiger partial charge in [-0.15, -0.1) is 0 Å². The highest BCUT2D eigenvalue weighted by atomic mass is 32.2. The van der Waals surface area contributed by atoms with Crippen molar-refractivity contribution in [2.75, 3.05) is 24.5 Å². The van der Waals surface area contributed by atoms with E-state index >= 15 is 0 Å². The molecule has 3 rings (SSSR count). The van der Waals surface area contributed by atoms with E-state index in [1.54, 1.807) is 50.4 Å². The van der Waals surface area contributed by atoms with E-state index in [0.29, 0.717) is 29.5 Å². The molecular formula is C22H28N2O4S. The number of rotatable bonds is 9. The van der Waals surface area contributed by atoms with Crippen LogP contribution in [0, 0.1) is 19.8 Å². The molecule has 6 nitrogen and oxygen atoms in total. The van der Waals surface area contributed by atoms with Crippen molar-refractivity contribution < 1.29 is 17.9 Å². The molecule has 0 bridgehead atoms. The van der Waals surface area contributed by atoms with E-state index in [0.717, 1.165) is 18.4 Å². The second-order valence-electron chi connectivity index (χ2n) is 7.54. The number of nitrogens with one attached hydrogen (secondary N) is 1. The van der Waals surface area contributed by atoms with Gasteiger partial charge in [0, 0.05) is 19.5 Å². The molecule has 0 spiro atoms. The Bertz CT molecular complexity index is 967. The third-order valence-electron chi connectivity index (χ3n) is 5.09. The number of hydrogen-bond acceptors (Lipinski definition) is 4. The average molecular weight is 417 g/mol. The molecular weight excluding hydrogens is 388 g/mol. The standard InChI is InChI=1S/C22H28N2O4S/c1-16-4-11-21(17(2)14-16)29(26,27)24(19-7-9-20(28-3)10-8-19)13-12-22(25)23-15-18-5-6-18/h4,7-11,14,18H,5-6,12-13,15H2,1-3H3,(H,23,25). The van der Waals surface area contributed by atoms with Crippen LogP contribution in [0.25, 0.3) is 0 Å². The van der Waals surface area contributed by atoms with Gasteiger partial charge < -0.3 is 10.1 Å². The lowest BCUT2D eigenvalue weighted by atomic mass is 10.2. The Morgan fingerprint density at radius 2 is 1.83 bits per heavy atom. The largest absolute Gasteiger partial charge is 0.497 e. The number of aryl methyl sites for hydroxylation is 2. The topological polar surface area (TPSA) is 75.7 Å². The molecule has 1 amide bonds. The molecule has 0 atom stereocenters. The first-order chi connectivity index (χ1) is 13.8. The minimum atomic E-state index is -3.82. The van der Waals surface area contributed by atoms with E-state index in [1.807, 2.05) is 13.0 Å². The minimum absolute atomic E-state index is 0.0679. The summed E-state index contributed by atoms with van der Waals surface area (Å²) in [5.74, 6) is 1.08. The molecule has 1 saturated carbocycles. The summed E-state index contributed by atoms with van der Waals surface area (Å²) in [6.45, 7) is 4.45. The second kappa shape index (κ2) is 8.86. The van der Waals surface area contributed by atoms with Gasteiger partial charge in [0.2, 0.25) is 5.91 Å². The van der Waals surface area contributed by atoms with Crippen LogP contribution in [0.3, 0.4) is 0 Å². The van der Waals surface area contributed by atoms with Gasteiger partial charge >= 0.3 is 0 Å². The van der Waals surface area contributed by atoms with Gasteiger partial charge in [-0.2, -0.15) is 0 Å². The number of amides is 1. The van der Waals surface area contributed by atoms with Gasteiger partial charge in [-0.3, -0.25) is 9.10 Å². The monoisotopic (exact) mass is 416 g/mol. The summed E-state index contributed by atoms with van der Waals surface area (Å²) >= 11 is 0. The molecule has 0 unspecified atom stereocenters. The van der Waals surface area contributed by atoms with Crippen LogP contribution in [-0.2, 0) is 14.8 Å². The molecule has 0 aromatic heterocycles. The molecule has 0 radical (unpaired) electrons. The first-order valence-electron chi connectivity index (χ1n) is 9.82. The zero-order valence-electron chi connectivity index (χ0n) is 17.1. The Hall–Kier alpha value is -2.54. The number of ether oxygens (including phenoxy) is 1. The predicted octanol–water partition coefficient (Wildman–Crippen LogP) is 3.42. The van der Waals surface area contributed by atoms with Gasteiger partial charge in [0.1, 0.15) is 5.75 Å². The van der Waals surface area contributed by atoms with Crippen LogP contribution < -0.4 is 14.4 Å². The van der Waals surface area contributed by atoms with E-state index < -0.39 is 10.0 Å². The first kappa shape index (κ1) is 21.2. The zero-order valence-corrected chi connectivity index (χ0v) is 18.0. The van der Waals surface area contributed by atoms with Crippen molar-refractivity contribution >= 4 is 21.6 Å². The quantitative estimate of drug-likeness (QED) is 0.680. The fourth-order valence-electron chi connectivity index (χ4n) is 3.22. The summed E-state index contributed by atoms with van der Waals surface area (Å²) in [5, 5.41) is 2.90. The van der Waals surface area contributed by atoms with Crippen molar-refractivity contribution in [3.63, 3.8) is 0 Å². The highest BCUT2D eigenvalue weighted by Crippen LogP contribution is 2.29. The Morgan fingerprint density at radius 1 is 1.14 bits per heavy atom. The highest BCUT2D eigenvalue weighted by Gasteiger charge is 2.27. The summed E-state index contributed by atoms with van der Waals surface area (Å²) in [6.07, 6.45) is 2.40. The van der Waals surface area contributed by atoms with Crippen molar-refractivity contribution in [1.82, 2.24) is 5.32 Å². The predicted molar refractivity (Wildman–Crippen MR) is 114 cm³/mol. The second-order valence-corrected chi connectivity index (χ2v) is 9.37. The lowest BCUT2D eigenvalue weighted by Gasteiger charge is -2.25. The SMILES string of the molecule is COc1ccc(N(CCC(=O)NCC2CC2)S(=O)(=O)c2ccc(C)cc2C)cc1. The number of methoxy groups -OCH3 is 1. The van der Waals surface area contributed by atoms with E-state index in [-0.39, 0.29) is 23.8 Å². The molecule has 0 aliphatic heterocycles. The summed E-state index contributed by atoms with van der Waals surface area (Å²) in [6, 6.07) is 12.1. The van der Waals surface area contributed by atoms with Crippen LogP contribution in [-0.4, -0.2) is 34.5 Å². The number of carbonyl (C=O) groups excluding carboxylic acids is 1. The number of hydrogen-bond donors (Lipinski definition) is 1. The molecule has 1 aliphatic carbocycles. The van der Waals surface area contributed by atoms with Crippen molar-refractivity contribution in [2.45, 2.75) is 38.0 Å². The Kier molecular flexibility index (Phi) is 6.47. The smallest absolute Gasteiger partial charge is 0.264 e. The Balaban J connectivity index is 1.86. The molecule has 2 aromatic rings. The molecule has 0 heterocycles. The van der Waals surface area contributed by atoms with Crippen LogP contribution in [0.1, 0.15) is 30.4 Å². The molecule has 1 N–H and O–H groups in total. The molecule has 7 heteroatoms. The maximum atomic E-state index is 13.5. The van der Waals surface area contributed by atoms with Gasteiger partial charge in [0.15, 0.2) is 0 Å². The first-order valence-corrected chi connectivity index (χ1v) is 11.3. The number of nitrogens with zero attached hydrogens (tertiary/aromatic N) is 1. The van der Waals surface area contributed by atoms with Crippen LogP contribution in [0.5, 0.6) is 5.75 Å². The molecule has 1 fully saturated rings. The summed E-state index contributed by atoms with van der Waals surface area (Å²) in [4.78, 5) is 12.5. The Labute approximate surface area is 172 Å². The molecule has 1 aliphatic rings. The van der Waals surface area contributed by atoms with E-state index in [4.69, 9.17) is 4.74 Å². The number of anilines is 1. The Morgan fingerprint density at radius 3 is 2.41 bits per heavy atom. The summed E-state index contributed by atoms with van der Waals surface area (Å²) in [5.41, 5.74) is 2.18. The highest BCUT2D eigenvalue weighted by molar-refractivity contribution is 7.92. The van der Waals surface area contributed by atoms with E-state index in [1.165, 1.54) is 4.31 Å². The van der Waals surface area contributed by atoms with Gasteiger partial charge in [0.25, 0.3) is 10.0 Å². The fourth-order valence-corrected chi connectivity index (χ4v) is 4.89. The van der Waals surface area contributed by atoms with Crippen molar-refractivity contribution in [3.05, 3.63) is 53.6 Å². The lowest BCUT2D eigenvalue weighted by Crippen LogP contribution is -2.36. The maximum absolute atomic E-state index is 13.5. The third-order valence-corrected chi connectivity index (χ3v) is 7.07. The molecule has 0 saturated heterocycles.